The summed E-state index contributed by atoms with van der Waals surface area (Å²) in [6, 6.07) is 0.952. The number of piperidine rings is 1. The Morgan fingerprint density at radius 2 is 1.94 bits per heavy atom. The summed E-state index contributed by atoms with van der Waals surface area (Å²) in [7, 11) is 0. The van der Waals surface area contributed by atoms with Crippen molar-refractivity contribution in [3.8, 4) is 0 Å². The highest BCUT2D eigenvalue weighted by molar-refractivity contribution is 5.73. The van der Waals surface area contributed by atoms with E-state index in [9.17, 15) is 4.79 Å². The quantitative estimate of drug-likeness (QED) is 0.491. The van der Waals surface area contributed by atoms with Crippen molar-refractivity contribution in [3.63, 3.8) is 0 Å². The van der Waals surface area contributed by atoms with Crippen LogP contribution in [-0.4, -0.2) is 36.2 Å². The molecule has 0 bridgehead atoms. The van der Waals surface area contributed by atoms with Crippen molar-refractivity contribution < 1.29 is 9.53 Å². The van der Waals surface area contributed by atoms with Crippen LogP contribution in [0, 0.1) is 40.9 Å². The van der Waals surface area contributed by atoms with Gasteiger partial charge >= 0.3 is 0 Å². The van der Waals surface area contributed by atoms with Crippen molar-refractivity contribution in [2.24, 2.45) is 40.9 Å². The molecule has 2 aliphatic heterocycles. The summed E-state index contributed by atoms with van der Waals surface area (Å²) in [6.07, 6.45) is 13.1. The van der Waals surface area contributed by atoms with Crippen LogP contribution in [0.15, 0.2) is 11.1 Å². The number of fused-ring (bicyclic) bond motifs is 6. The van der Waals surface area contributed by atoms with Gasteiger partial charge in [-0.1, -0.05) is 31.9 Å². The lowest BCUT2D eigenvalue weighted by atomic mass is 9.52. The van der Waals surface area contributed by atoms with Crippen molar-refractivity contribution in [1.82, 2.24) is 10.6 Å². The summed E-state index contributed by atoms with van der Waals surface area (Å²) >= 11 is 0. The van der Waals surface area contributed by atoms with Gasteiger partial charge in [0.2, 0.25) is 5.91 Å². The molecular weight excluding hydrogens is 420 g/mol. The fourth-order valence-electron chi connectivity index (χ4n) is 10.2. The van der Waals surface area contributed by atoms with Gasteiger partial charge in [0.1, 0.15) is 0 Å². The molecule has 0 aromatic rings. The third-order valence-corrected chi connectivity index (χ3v) is 12.0. The molecule has 34 heavy (non-hydrogen) atoms. The molecule has 0 aromatic carbocycles. The molecule has 4 nitrogen and oxygen atoms in total. The van der Waals surface area contributed by atoms with Crippen LogP contribution in [0.5, 0.6) is 0 Å². The van der Waals surface area contributed by atoms with Gasteiger partial charge in [-0.2, -0.15) is 0 Å². The van der Waals surface area contributed by atoms with Gasteiger partial charge in [0.05, 0.1) is 11.7 Å². The zero-order valence-electron chi connectivity index (χ0n) is 22.3. The van der Waals surface area contributed by atoms with Crippen LogP contribution in [-0.2, 0) is 9.53 Å². The minimum absolute atomic E-state index is 0.0564. The molecule has 4 heteroatoms. The Bertz CT molecular complexity index is 868. The third kappa shape index (κ3) is 3.56. The van der Waals surface area contributed by atoms with Crippen LogP contribution in [0.3, 0.4) is 0 Å². The number of allylic oxidation sites excluding steroid dienone is 1. The van der Waals surface area contributed by atoms with Gasteiger partial charge in [-0.3, -0.25) is 4.79 Å². The van der Waals surface area contributed by atoms with E-state index < -0.39 is 0 Å². The van der Waals surface area contributed by atoms with E-state index in [1.807, 2.05) is 5.57 Å². The van der Waals surface area contributed by atoms with E-state index in [0.717, 1.165) is 42.6 Å². The van der Waals surface area contributed by atoms with Crippen LogP contribution in [0.4, 0.5) is 0 Å². The maximum atomic E-state index is 11.7. The first-order chi connectivity index (χ1) is 16.2. The van der Waals surface area contributed by atoms with Gasteiger partial charge in [-0.05, 0) is 113 Å². The van der Waals surface area contributed by atoms with Gasteiger partial charge in [0, 0.05) is 24.9 Å². The minimum atomic E-state index is 0.0564. The Kier molecular flexibility index (Phi) is 5.76. The molecular formula is C30H48N2O2. The standard InChI is InChI=1S/C30H48N2O2/c1-17-12-27-28(31-16-17)19(3)30(34-27)11-9-23-24-7-6-21-13-22(32-20(4)33)8-10-29(21,5)26(24)14-25(23)18(2)15-30/h17,19,21-24,26-28,31H,6-16H2,1-5H3,(H,32,33)/t17-,19+,21+,22-,23?,24-,26-,27?,28-,29-,30-/m0/s1. The van der Waals surface area contributed by atoms with Crippen LogP contribution in [0.2, 0.25) is 0 Å². The van der Waals surface area contributed by atoms with E-state index in [2.05, 4.69) is 38.3 Å². The van der Waals surface area contributed by atoms with Gasteiger partial charge in [-0.25, -0.2) is 0 Å². The Morgan fingerprint density at radius 3 is 2.74 bits per heavy atom. The van der Waals surface area contributed by atoms with Crippen LogP contribution in [0.1, 0.15) is 98.8 Å². The molecule has 2 unspecified atom stereocenters. The lowest BCUT2D eigenvalue weighted by Crippen LogP contribution is -2.50. The van der Waals surface area contributed by atoms with Crippen molar-refractivity contribution in [1.29, 1.82) is 0 Å². The molecule has 190 valence electrons. The number of carbonyl (C=O) groups excluding carboxylic acids is 1. The molecule has 1 spiro atoms. The van der Waals surface area contributed by atoms with E-state index in [1.165, 1.54) is 57.8 Å². The average Bonchev–Trinajstić information content (AvgIpc) is 3.24. The number of carbonyl (C=O) groups is 1. The molecule has 6 aliphatic rings. The number of ether oxygens (including phenoxy) is 1. The van der Waals surface area contributed by atoms with Gasteiger partial charge in [0.15, 0.2) is 0 Å². The summed E-state index contributed by atoms with van der Waals surface area (Å²) in [5, 5.41) is 7.11. The molecule has 5 fully saturated rings. The van der Waals surface area contributed by atoms with E-state index >= 15 is 0 Å². The smallest absolute Gasteiger partial charge is 0.217 e. The normalized spacial score (nSPS) is 52.4. The van der Waals surface area contributed by atoms with E-state index in [0.29, 0.717) is 29.5 Å². The highest BCUT2D eigenvalue weighted by atomic mass is 16.5. The second-order valence-electron chi connectivity index (χ2n) is 13.8. The lowest BCUT2D eigenvalue weighted by Gasteiger charge is -2.54. The van der Waals surface area contributed by atoms with Gasteiger partial charge in [-0.15, -0.1) is 0 Å². The van der Waals surface area contributed by atoms with Crippen LogP contribution < -0.4 is 10.6 Å². The van der Waals surface area contributed by atoms with Crippen molar-refractivity contribution in [3.05, 3.63) is 11.1 Å². The van der Waals surface area contributed by atoms with Crippen molar-refractivity contribution in [2.45, 2.75) is 123 Å². The fraction of sp³-hybridized carbons (Fsp3) is 0.900. The Hall–Kier alpha value is -0.870. The highest BCUT2D eigenvalue weighted by Crippen LogP contribution is 2.65. The predicted octanol–water partition coefficient (Wildman–Crippen LogP) is 5.62. The molecule has 3 saturated carbocycles. The molecule has 4 aliphatic carbocycles. The Balaban J connectivity index is 1.23. The maximum Gasteiger partial charge on any atom is 0.217 e. The molecule has 11 atom stereocenters. The number of hydrogen-bond donors (Lipinski definition) is 2. The topological polar surface area (TPSA) is 50.4 Å². The first kappa shape index (κ1) is 23.5. The van der Waals surface area contributed by atoms with Gasteiger partial charge < -0.3 is 15.4 Å². The summed E-state index contributed by atoms with van der Waals surface area (Å²) in [6.45, 7) is 12.8. The predicted molar refractivity (Wildman–Crippen MR) is 136 cm³/mol. The Labute approximate surface area is 207 Å². The lowest BCUT2D eigenvalue weighted by molar-refractivity contribution is -0.121. The minimum Gasteiger partial charge on any atom is -0.369 e. The largest absolute Gasteiger partial charge is 0.369 e. The first-order valence-electron chi connectivity index (χ1n) is 14.6. The summed E-state index contributed by atoms with van der Waals surface area (Å²) in [5.74, 6) is 4.77. The third-order valence-electron chi connectivity index (χ3n) is 12.0. The molecule has 2 saturated heterocycles. The summed E-state index contributed by atoms with van der Waals surface area (Å²) < 4.78 is 7.05. The SMILES string of the molecule is CC(=O)N[C@H]1CC[C@@]2(C)[C@H](CC[C@H]3C4CC[C@@]5(CC(C)=C4C[C@@H]32)OC2C[C@H](C)CN[C@H]2[C@H]5C)C1. The molecule has 0 aromatic heterocycles. The van der Waals surface area contributed by atoms with Crippen LogP contribution in [0.25, 0.3) is 0 Å². The number of nitrogens with one attached hydrogen (secondary N) is 2. The van der Waals surface area contributed by atoms with Crippen molar-refractivity contribution in [2.75, 3.05) is 6.54 Å². The summed E-state index contributed by atoms with van der Waals surface area (Å²) in [5.41, 5.74) is 4.04. The second kappa shape index (κ2) is 8.33. The summed E-state index contributed by atoms with van der Waals surface area (Å²) in [4.78, 5) is 11.7. The highest BCUT2D eigenvalue weighted by Gasteiger charge is 2.59. The molecule has 2 heterocycles. The average molecular weight is 469 g/mol. The number of rotatable bonds is 1. The van der Waals surface area contributed by atoms with E-state index in [4.69, 9.17) is 4.74 Å². The molecule has 2 N–H and O–H groups in total. The monoisotopic (exact) mass is 468 g/mol. The molecule has 0 radical (unpaired) electrons. The van der Waals surface area contributed by atoms with Gasteiger partial charge in [0.25, 0.3) is 0 Å². The molecule has 1 amide bonds. The van der Waals surface area contributed by atoms with Crippen molar-refractivity contribution >= 4 is 5.91 Å². The zero-order chi connectivity index (χ0) is 23.8. The number of amides is 1. The van der Waals surface area contributed by atoms with E-state index in [-0.39, 0.29) is 11.5 Å². The molecule has 6 rings (SSSR count). The zero-order valence-corrected chi connectivity index (χ0v) is 22.3. The van der Waals surface area contributed by atoms with Crippen LogP contribution >= 0.6 is 0 Å². The van der Waals surface area contributed by atoms with E-state index in [1.54, 1.807) is 12.5 Å². The maximum absolute atomic E-state index is 11.7. The number of hydrogen-bond acceptors (Lipinski definition) is 3. The first-order valence-corrected chi connectivity index (χ1v) is 14.6. The fourth-order valence-corrected chi connectivity index (χ4v) is 10.2. The Morgan fingerprint density at radius 1 is 1.12 bits per heavy atom. The second-order valence-corrected chi connectivity index (χ2v) is 13.8.